The molecule has 114 valence electrons. The second-order valence-corrected chi connectivity index (χ2v) is 6.95. The molecule has 0 aromatic rings. The Labute approximate surface area is 120 Å². The number of carbonyl (C=O) groups excluding carboxylic acids is 2. The van der Waals surface area contributed by atoms with Crippen LogP contribution >= 0.6 is 0 Å². The van der Waals surface area contributed by atoms with Gasteiger partial charge >= 0.3 is 12.1 Å². The van der Waals surface area contributed by atoms with Crippen LogP contribution < -0.4 is 0 Å². The molecule has 1 aliphatic carbocycles. The minimum Gasteiger partial charge on any atom is -0.467 e. The van der Waals surface area contributed by atoms with Gasteiger partial charge in [0.15, 0.2) is 0 Å². The van der Waals surface area contributed by atoms with Crippen molar-refractivity contribution < 1.29 is 19.1 Å². The molecule has 1 amide bonds. The zero-order chi connectivity index (χ0) is 14.9. The zero-order valence-corrected chi connectivity index (χ0v) is 12.8. The van der Waals surface area contributed by atoms with E-state index in [1.807, 2.05) is 20.8 Å². The monoisotopic (exact) mass is 283 g/mol. The first-order valence-corrected chi connectivity index (χ1v) is 7.37. The molecule has 2 atom stereocenters. The van der Waals surface area contributed by atoms with Crippen LogP contribution in [0.1, 0.15) is 46.5 Å². The lowest BCUT2D eigenvalue weighted by atomic mass is 9.99. The summed E-state index contributed by atoms with van der Waals surface area (Å²) < 4.78 is 10.2. The van der Waals surface area contributed by atoms with Crippen LogP contribution in [0.5, 0.6) is 0 Å². The van der Waals surface area contributed by atoms with Gasteiger partial charge in [0, 0.05) is 6.54 Å². The summed E-state index contributed by atoms with van der Waals surface area (Å²) in [5.74, 6) is 0.838. The lowest BCUT2D eigenvalue weighted by Crippen LogP contribution is -2.43. The summed E-state index contributed by atoms with van der Waals surface area (Å²) in [7, 11) is 1.36. The van der Waals surface area contributed by atoms with E-state index < -0.39 is 17.7 Å². The largest absolute Gasteiger partial charge is 0.467 e. The molecule has 1 heterocycles. The Morgan fingerprint density at radius 2 is 1.85 bits per heavy atom. The number of rotatable bonds is 3. The van der Waals surface area contributed by atoms with Gasteiger partial charge in [0.05, 0.1) is 7.11 Å². The van der Waals surface area contributed by atoms with Gasteiger partial charge in [-0.05, 0) is 45.4 Å². The number of likely N-dealkylation sites (tertiary alicyclic amines) is 1. The lowest BCUT2D eigenvalue weighted by Gasteiger charge is -2.27. The highest BCUT2D eigenvalue weighted by atomic mass is 16.6. The van der Waals surface area contributed by atoms with Gasteiger partial charge in [-0.1, -0.05) is 12.8 Å². The number of hydrogen-bond acceptors (Lipinski definition) is 4. The van der Waals surface area contributed by atoms with Gasteiger partial charge in [0.25, 0.3) is 0 Å². The first-order chi connectivity index (χ1) is 9.30. The van der Waals surface area contributed by atoms with Crippen molar-refractivity contribution in [2.45, 2.75) is 58.1 Å². The van der Waals surface area contributed by atoms with Crippen LogP contribution in [-0.4, -0.2) is 42.3 Å². The Hall–Kier alpha value is -1.26. The lowest BCUT2D eigenvalue weighted by molar-refractivity contribution is -0.145. The van der Waals surface area contributed by atoms with Crippen LogP contribution in [0.15, 0.2) is 0 Å². The number of esters is 1. The van der Waals surface area contributed by atoms with Crippen molar-refractivity contribution in [3.05, 3.63) is 0 Å². The molecule has 0 bridgehead atoms. The number of hydrogen-bond donors (Lipinski definition) is 0. The summed E-state index contributed by atoms with van der Waals surface area (Å²) in [6.07, 6.45) is 3.96. The molecule has 0 aromatic heterocycles. The molecule has 5 heteroatoms. The molecule has 0 radical (unpaired) electrons. The van der Waals surface area contributed by atoms with E-state index in [9.17, 15) is 9.59 Å². The Bertz CT molecular complexity index is 384. The number of nitrogens with zero attached hydrogens (tertiary/aromatic N) is 1. The van der Waals surface area contributed by atoms with Crippen molar-refractivity contribution in [1.82, 2.24) is 4.90 Å². The van der Waals surface area contributed by atoms with E-state index in [0.717, 1.165) is 12.3 Å². The van der Waals surface area contributed by atoms with Gasteiger partial charge in [-0.3, -0.25) is 4.90 Å². The Morgan fingerprint density at radius 1 is 1.20 bits per heavy atom. The van der Waals surface area contributed by atoms with Gasteiger partial charge in [-0.2, -0.15) is 0 Å². The minimum absolute atomic E-state index is 0.339. The molecule has 0 spiro atoms. The van der Waals surface area contributed by atoms with E-state index >= 15 is 0 Å². The van der Waals surface area contributed by atoms with Gasteiger partial charge < -0.3 is 9.47 Å². The fraction of sp³-hybridized carbons (Fsp3) is 0.867. The normalized spacial score (nSPS) is 26.5. The van der Waals surface area contributed by atoms with Gasteiger partial charge in [-0.15, -0.1) is 0 Å². The predicted molar refractivity (Wildman–Crippen MR) is 74.2 cm³/mol. The average molecular weight is 283 g/mol. The molecule has 20 heavy (non-hydrogen) atoms. The molecule has 0 aromatic carbocycles. The molecule has 2 aliphatic rings. The summed E-state index contributed by atoms with van der Waals surface area (Å²) in [6, 6.07) is -0.487. The maximum Gasteiger partial charge on any atom is 0.411 e. The van der Waals surface area contributed by atoms with Crippen LogP contribution in [0, 0.1) is 11.8 Å². The van der Waals surface area contributed by atoms with Crippen LogP contribution in [-0.2, 0) is 14.3 Å². The summed E-state index contributed by atoms with van der Waals surface area (Å²) >= 11 is 0. The summed E-state index contributed by atoms with van der Waals surface area (Å²) in [5.41, 5.74) is -0.549. The van der Waals surface area contributed by atoms with E-state index in [0.29, 0.717) is 18.9 Å². The molecule has 1 aliphatic heterocycles. The summed E-state index contributed by atoms with van der Waals surface area (Å²) in [5, 5.41) is 0. The molecule has 0 N–H and O–H groups in total. The van der Waals surface area contributed by atoms with Crippen molar-refractivity contribution in [3.8, 4) is 0 Å². The summed E-state index contributed by atoms with van der Waals surface area (Å²) in [4.78, 5) is 25.7. The standard InChI is InChI=1S/C15H25NO4/c1-15(2,3)20-14(18)16-9-11(7-10-5-6-10)8-12(16)13(17)19-4/h10-12H,5-9H2,1-4H3. The number of ether oxygens (including phenoxy) is 2. The van der Waals surface area contributed by atoms with Gasteiger partial charge in [0.1, 0.15) is 11.6 Å². The Balaban J connectivity index is 2.02. The number of methoxy groups -OCH3 is 1. The molecular weight excluding hydrogens is 258 g/mol. The molecule has 2 unspecified atom stereocenters. The van der Waals surface area contributed by atoms with E-state index in [1.54, 1.807) is 4.90 Å². The molecule has 1 saturated heterocycles. The van der Waals surface area contributed by atoms with Crippen molar-refractivity contribution in [2.75, 3.05) is 13.7 Å². The number of carbonyl (C=O) groups is 2. The fourth-order valence-electron chi connectivity index (χ4n) is 2.80. The smallest absolute Gasteiger partial charge is 0.411 e. The predicted octanol–water partition coefficient (Wildman–Crippen LogP) is 2.59. The Kier molecular flexibility index (Phi) is 4.25. The summed E-state index contributed by atoms with van der Waals surface area (Å²) in [6.45, 7) is 6.09. The average Bonchev–Trinajstić information content (AvgIpc) is 3.03. The molecule has 2 rings (SSSR count). The third-order valence-electron chi connectivity index (χ3n) is 3.85. The van der Waals surface area contributed by atoms with Gasteiger partial charge in [0.2, 0.25) is 0 Å². The second-order valence-electron chi connectivity index (χ2n) is 6.95. The minimum atomic E-state index is -0.549. The molecular formula is C15H25NO4. The zero-order valence-electron chi connectivity index (χ0n) is 12.8. The van der Waals surface area contributed by atoms with Crippen LogP contribution in [0.2, 0.25) is 0 Å². The van der Waals surface area contributed by atoms with E-state index in [4.69, 9.17) is 9.47 Å². The fourth-order valence-corrected chi connectivity index (χ4v) is 2.80. The SMILES string of the molecule is COC(=O)C1CC(CC2CC2)CN1C(=O)OC(C)(C)C. The highest BCUT2D eigenvalue weighted by Gasteiger charge is 2.43. The van der Waals surface area contributed by atoms with Crippen LogP contribution in [0.3, 0.4) is 0 Å². The number of amides is 1. The van der Waals surface area contributed by atoms with Crippen molar-refractivity contribution in [3.63, 3.8) is 0 Å². The Morgan fingerprint density at radius 3 is 2.35 bits per heavy atom. The quantitative estimate of drug-likeness (QED) is 0.747. The van der Waals surface area contributed by atoms with E-state index in [1.165, 1.54) is 20.0 Å². The molecule has 1 saturated carbocycles. The second kappa shape index (κ2) is 5.62. The maximum absolute atomic E-state index is 12.2. The van der Waals surface area contributed by atoms with Crippen molar-refractivity contribution in [2.24, 2.45) is 11.8 Å². The van der Waals surface area contributed by atoms with Gasteiger partial charge in [-0.25, -0.2) is 9.59 Å². The van der Waals surface area contributed by atoms with E-state index in [2.05, 4.69) is 0 Å². The highest BCUT2D eigenvalue weighted by Crippen LogP contribution is 2.39. The topological polar surface area (TPSA) is 55.8 Å². The van der Waals surface area contributed by atoms with Crippen molar-refractivity contribution >= 4 is 12.1 Å². The maximum atomic E-state index is 12.2. The third-order valence-corrected chi connectivity index (χ3v) is 3.85. The molecule has 5 nitrogen and oxygen atoms in total. The first kappa shape index (κ1) is 15.1. The van der Waals surface area contributed by atoms with E-state index in [-0.39, 0.29) is 5.97 Å². The van der Waals surface area contributed by atoms with Crippen LogP contribution in [0.25, 0.3) is 0 Å². The first-order valence-electron chi connectivity index (χ1n) is 7.37. The van der Waals surface area contributed by atoms with Crippen molar-refractivity contribution in [1.29, 1.82) is 0 Å². The van der Waals surface area contributed by atoms with Crippen LogP contribution in [0.4, 0.5) is 4.79 Å². The molecule has 2 fully saturated rings. The third kappa shape index (κ3) is 3.87. The highest BCUT2D eigenvalue weighted by molar-refractivity contribution is 5.82.